The highest BCUT2D eigenvalue weighted by molar-refractivity contribution is 5.77. The highest BCUT2D eigenvalue weighted by Crippen LogP contribution is 2.16. The van der Waals surface area contributed by atoms with Crippen LogP contribution in [0.2, 0.25) is 0 Å². The average Bonchev–Trinajstić information content (AvgIpc) is 2.48. The standard InChI is InChI=1S/C18H22N2O/c1-13-8-10-16(11-9-13)17(19)12-18(21)20-14(2)15-6-4-3-5-7-15/h3-11,14,17H,12,19H2,1-2H3,(H,20,21)/t14-,17+/m0/s1. The topological polar surface area (TPSA) is 55.1 Å². The van der Waals surface area contributed by atoms with Gasteiger partial charge in [0.05, 0.1) is 6.04 Å². The van der Waals surface area contributed by atoms with Crippen LogP contribution in [-0.2, 0) is 4.79 Å². The van der Waals surface area contributed by atoms with Gasteiger partial charge in [0.25, 0.3) is 0 Å². The highest BCUT2D eigenvalue weighted by Gasteiger charge is 2.14. The number of nitrogens with one attached hydrogen (secondary N) is 1. The van der Waals surface area contributed by atoms with E-state index in [4.69, 9.17) is 5.73 Å². The van der Waals surface area contributed by atoms with Crippen molar-refractivity contribution in [3.8, 4) is 0 Å². The van der Waals surface area contributed by atoms with Crippen LogP contribution in [0.1, 0.15) is 42.1 Å². The fourth-order valence-electron chi connectivity index (χ4n) is 2.26. The van der Waals surface area contributed by atoms with Crippen LogP contribution in [0.25, 0.3) is 0 Å². The lowest BCUT2D eigenvalue weighted by atomic mass is 10.0. The van der Waals surface area contributed by atoms with E-state index < -0.39 is 0 Å². The molecule has 0 fully saturated rings. The van der Waals surface area contributed by atoms with Gasteiger partial charge in [-0.3, -0.25) is 4.79 Å². The zero-order valence-corrected chi connectivity index (χ0v) is 12.5. The molecule has 2 aromatic rings. The van der Waals surface area contributed by atoms with E-state index >= 15 is 0 Å². The first kappa shape index (κ1) is 15.3. The molecule has 0 spiro atoms. The van der Waals surface area contributed by atoms with Crippen molar-refractivity contribution in [3.05, 3.63) is 71.3 Å². The maximum Gasteiger partial charge on any atom is 0.222 e. The zero-order chi connectivity index (χ0) is 15.2. The van der Waals surface area contributed by atoms with Gasteiger partial charge in [-0.2, -0.15) is 0 Å². The predicted octanol–water partition coefficient (Wildman–Crippen LogP) is 3.26. The normalized spacial score (nSPS) is 13.5. The average molecular weight is 282 g/mol. The summed E-state index contributed by atoms with van der Waals surface area (Å²) in [6.07, 6.45) is 0.292. The quantitative estimate of drug-likeness (QED) is 0.884. The molecule has 2 atom stereocenters. The van der Waals surface area contributed by atoms with Crippen molar-refractivity contribution in [2.45, 2.75) is 32.4 Å². The summed E-state index contributed by atoms with van der Waals surface area (Å²) in [5.74, 6) is -0.0283. The molecule has 3 N–H and O–H groups in total. The summed E-state index contributed by atoms with van der Waals surface area (Å²) in [7, 11) is 0. The number of hydrogen-bond donors (Lipinski definition) is 2. The summed E-state index contributed by atoms with van der Waals surface area (Å²) in [4.78, 5) is 12.1. The van der Waals surface area contributed by atoms with E-state index in [2.05, 4.69) is 5.32 Å². The first-order valence-corrected chi connectivity index (χ1v) is 7.22. The van der Waals surface area contributed by atoms with Crippen molar-refractivity contribution in [1.82, 2.24) is 5.32 Å². The summed E-state index contributed by atoms with van der Waals surface area (Å²) in [5.41, 5.74) is 9.37. The molecular formula is C18H22N2O. The Kier molecular flexibility index (Phi) is 5.12. The Morgan fingerprint density at radius 2 is 1.67 bits per heavy atom. The number of aryl methyl sites for hydroxylation is 1. The molecule has 2 rings (SSSR count). The van der Waals surface area contributed by atoms with E-state index in [1.54, 1.807) is 0 Å². The van der Waals surface area contributed by atoms with Crippen LogP contribution in [0.4, 0.5) is 0 Å². The lowest BCUT2D eigenvalue weighted by molar-refractivity contribution is -0.122. The second kappa shape index (κ2) is 7.04. The summed E-state index contributed by atoms with van der Waals surface area (Å²) >= 11 is 0. The maximum absolute atomic E-state index is 12.1. The summed E-state index contributed by atoms with van der Waals surface area (Å²) in [6, 6.07) is 17.6. The Labute approximate surface area is 126 Å². The van der Waals surface area contributed by atoms with Crippen LogP contribution in [0.5, 0.6) is 0 Å². The van der Waals surface area contributed by atoms with Crippen LogP contribution >= 0.6 is 0 Å². The van der Waals surface area contributed by atoms with Crippen molar-refractivity contribution < 1.29 is 4.79 Å². The third-order valence-corrected chi connectivity index (χ3v) is 3.59. The van der Waals surface area contributed by atoms with Crippen molar-refractivity contribution in [2.75, 3.05) is 0 Å². The number of hydrogen-bond acceptors (Lipinski definition) is 2. The molecule has 0 saturated heterocycles. The Morgan fingerprint density at radius 1 is 1.05 bits per heavy atom. The second-order valence-corrected chi connectivity index (χ2v) is 5.42. The summed E-state index contributed by atoms with van der Waals surface area (Å²) < 4.78 is 0. The van der Waals surface area contributed by atoms with Gasteiger partial charge in [-0.25, -0.2) is 0 Å². The lowest BCUT2D eigenvalue weighted by Crippen LogP contribution is -2.29. The Morgan fingerprint density at radius 3 is 2.29 bits per heavy atom. The molecule has 3 nitrogen and oxygen atoms in total. The number of amides is 1. The number of rotatable bonds is 5. The second-order valence-electron chi connectivity index (χ2n) is 5.42. The van der Waals surface area contributed by atoms with Crippen LogP contribution in [0, 0.1) is 6.92 Å². The van der Waals surface area contributed by atoms with Gasteiger partial charge >= 0.3 is 0 Å². The zero-order valence-electron chi connectivity index (χ0n) is 12.5. The molecule has 0 aliphatic rings. The minimum Gasteiger partial charge on any atom is -0.350 e. The molecule has 2 aromatic carbocycles. The number of nitrogens with two attached hydrogens (primary N) is 1. The van der Waals surface area contributed by atoms with Crippen LogP contribution in [-0.4, -0.2) is 5.91 Å². The molecule has 0 aliphatic carbocycles. The van der Waals surface area contributed by atoms with E-state index in [-0.39, 0.29) is 18.0 Å². The molecule has 0 aromatic heterocycles. The van der Waals surface area contributed by atoms with Crippen LogP contribution in [0.15, 0.2) is 54.6 Å². The molecule has 0 unspecified atom stereocenters. The maximum atomic E-state index is 12.1. The predicted molar refractivity (Wildman–Crippen MR) is 85.7 cm³/mol. The van der Waals surface area contributed by atoms with Gasteiger partial charge in [0.15, 0.2) is 0 Å². The molecule has 0 bridgehead atoms. The van der Waals surface area contributed by atoms with E-state index in [1.807, 2.05) is 68.4 Å². The molecule has 21 heavy (non-hydrogen) atoms. The SMILES string of the molecule is Cc1ccc([C@H](N)CC(=O)N[C@@H](C)c2ccccc2)cc1. The molecule has 0 radical (unpaired) electrons. The first-order valence-electron chi connectivity index (χ1n) is 7.22. The van der Waals surface area contributed by atoms with E-state index in [0.717, 1.165) is 11.1 Å². The number of carbonyl (C=O) groups excluding carboxylic acids is 1. The molecule has 0 heterocycles. The van der Waals surface area contributed by atoms with Gasteiger partial charge in [-0.05, 0) is 25.0 Å². The Bertz CT molecular complexity index is 578. The van der Waals surface area contributed by atoms with E-state index in [9.17, 15) is 4.79 Å². The van der Waals surface area contributed by atoms with Gasteiger partial charge in [0, 0.05) is 12.5 Å². The van der Waals surface area contributed by atoms with E-state index in [0.29, 0.717) is 6.42 Å². The van der Waals surface area contributed by atoms with Crippen molar-refractivity contribution >= 4 is 5.91 Å². The monoisotopic (exact) mass is 282 g/mol. The molecule has 110 valence electrons. The fourth-order valence-corrected chi connectivity index (χ4v) is 2.26. The van der Waals surface area contributed by atoms with Crippen molar-refractivity contribution in [1.29, 1.82) is 0 Å². The van der Waals surface area contributed by atoms with Gasteiger partial charge in [0.1, 0.15) is 0 Å². The largest absolute Gasteiger partial charge is 0.350 e. The summed E-state index contributed by atoms with van der Waals surface area (Å²) in [6.45, 7) is 4.01. The van der Waals surface area contributed by atoms with Gasteiger partial charge < -0.3 is 11.1 Å². The van der Waals surface area contributed by atoms with Gasteiger partial charge in [-0.1, -0.05) is 60.2 Å². The van der Waals surface area contributed by atoms with Gasteiger partial charge in [0.2, 0.25) is 5.91 Å². The Hall–Kier alpha value is -2.13. The first-order chi connectivity index (χ1) is 10.1. The number of carbonyl (C=O) groups is 1. The molecule has 0 saturated carbocycles. The minimum absolute atomic E-state index is 0.0103. The molecule has 3 heteroatoms. The fraction of sp³-hybridized carbons (Fsp3) is 0.278. The van der Waals surface area contributed by atoms with Crippen LogP contribution in [0.3, 0.4) is 0 Å². The molecular weight excluding hydrogens is 260 g/mol. The van der Waals surface area contributed by atoms with Crippen molar-refractivity contribution in [3.63, 3.8) is 0 Å². The molecule has 1 amide bonds. The van der Waals surface area contributed by atoms with Crippen molar-refractivity contribution in [2.24, 2.45) is 5.73 Å². The highest BCUT2D eigenvalue weighted by atomic mass is 16.1. The Balaban J connectivity index is 1.91. The number of benzene rings is 2. The third-order valence-electron chi connectivity index (χ3n) is 3.59. The smallest absolute Gasteiger partial charge is 0.222 e. The minimum atomic E-state index is -0.270. The third kappa shape index (κ3) is 4.43. The van der Waals surface area contributed by atoms with Gasteiger partial charge in [-0.15, -0.1) is 0 Å². The lowest BCUT2D eigenvalue weighted by Gasteiger charge is -2.17. The summed E-state index contributed by atoms with van der Waals surface area (Å²) in [5, 5.41) is 2.99. The molecule has 0 aliphatic heterocycles. The van der Waals surface area contributed by atoms with Crippen LogP contribution < -0.4 is 11.1 Å². The van der Waals surface area contributed by atoms with E-state index in [1.165, 1.54) is 5.56 Å².